The van der Waals surface area contributed by atoms with Crippen LogP contribution in [-0.4, -0.2) is 60.0 Å². The summed E-state index contributed by atoms with van der Waals surface area (Å²) in [5.41, 5.74) is 0.0895. The van der Waals surface area contributed by atoms with Gasteiger partial charge in [0.25, 0.3) is 0 Å². The molecule has 2 amide bonds. The molecule has 0 spiro atoms. The van der Waals surface area contributed by atoms with Crippen LogP contribution in [0.3, 0.4) is 0 Å². The van der Waals surface area contributed by atoms with Gasteiger partial charge in [0.2, 0.25) is 11.8 Å². The van der Waals surface area contributed by atoms with Gasteiger partial charge in [0, 0.05) is 18.0 Å². The number of halogens is 1. The van der Waals surface area contributed by atoms with Crippen LogP contribution in [0.25, 0.3) is 0 Å². The van der Waals surface area contributed by atoms with Crippen LogP contribution >= 0.6 is 12.4 Å². The van der Waals surface area contributed by atoms with E-state index in [-0.39, 0.29) is 35.7 Å². The highest BCUT2D eigenvalue weighted by Crippen LogP contribution is 2.29. The number of rotatable bonds is 10. The van der Waals surface area contributed by atoms with Crippen LogP contribution in [0.15, 0.2) is 42.0 Å². The van der Waals surface area contributed by atoms with Gasteiger partial charge in [-0.3, -0.25) is 9.59 Å². The van der Waals surface area contributed by atoms with Crippen LogP contribution in [0.1, 0.15) is 61.0 Å². The average molecular weight is 510 g/mol. The minimum Gasteiger partial charge on any atom is -0.478 e. The molecule has 0 fully saturated rings. The number of hydrogen-bond acceptors (Lipinski definition) is 4. The second kappa shape index (κ2) is 13.1. The lowest BCUT2D eigenvalue weighted by Gasteiger charge is -2.39. The Balaban J connectivity index is 0.0000116. The van der Waals surface area contributed by atoms with Crippen molar-refractivity contribution in [1.82, 2.24) is 15.5 Å². The van der Waals surface area contributed by atoms with Gasteiger partial charge in [-0.25, -0.2) is 4.79 Å². The monoisotopic (exact) mass is 509 g/mol. The quantitative estimate of drug-likeness (QED) is 0.414. The van der Waals surface area contributed by atoms with Gasteiger partial charge in [0.15, 0.2) is 0 Å². The minimum atomic E-state index is -1.02. The fraction of sp³-hybridized carbons (Fsp3) is 0.593. The first-order chi connectivity index (χ1) is 15.5. The van der Waals surface area contributed by atoms with Gasteiger partial charge in [-0.15, -0.1) is 12.4 Å². The van der Waals surface area contributed by atoms with E-state index in [0.29, 0.717) is 0 Å². The highest BCUT2D eigenvalue weighted by atomic mass is 35.5. The first-order valence-corrected chi connectivity index (χ1v) is 11.8. The third kappa shape index (κ3) is 8.36. The summed E-state index contributed by atoms with van der Waals surface area (Å²) < 4.78 is 0. The molecule has 0 saturated heterocycles. The molecule has 1 aromatic carbocycles. The number of nitrogens with zero attached hydrogens (tertiary/aromatic N) is 1. The summed E-state index contributed by atoms with van der Waals surface area (Å²) in [7, 11) is 3.40. The number of nitrogens with one attached hydrogen (secondary N) is 2. The minimum absolute atomic E-state index is 0. The van der Waals surface area contributed by atoms with Gasteiger partial charge >= 0.3 is 5.97 Å². The van der Waals surface area contributed by atoms with Crippen molar-refractivity contribution in [2.45, 2.75) is 78.9 Å². The van der Waals surface area contributed by atoms with E-state index in [1.807, 2.05) is 78.8 Å². The third-order valence-electron chi connectivity index (χ3n) is 6.43. The lowest BCUT2D eigenvalue weighted by molar-refractivity contribution is -0.141. The summed E-state index contributed by atoms with van der Waals surface area (Å²) in [6.07, 6.45) is 1.60. The van der Waals surface area contributed by atoms with E-state index in [1.165, 1.54) is 6.92 Å². The summed E-state index contributed by atoms with van der Waals surface area (Å²) in [6, 6.07) is 7.99. The molecule has 1 aromatic rings. The van der Waals surface area contributed by atoms with Crippen molar-refractivity contribution < 1.29 is 19.5 Å². The molecule has 0 radical (unpaired) electrons. The molecule has 3 N–H and O–H groups in total. The Bertz CT molecular complexity index is 891. The van der Waals surface area contributed by atoms with E-state index in [4.69, 9.17) is 0 Å². The number of carboxylic acids is 1. The van der Waals surface area contributed by atoms with Gasteiger partial charge in [0.05, 0.1) is 12.1 Å². The lowest BCUT2D eigenvalue weighted by Crippen LogP contribution is -2.61. The maximum atomic E-state index is 13.7. The fourth-order valence-corrected chi connectivity index (χ4v) is 4.16. The lowest BCUT2D eigenvalue weighted by atomic mass is 9.76. The van der Waals surface area contributed by atoms with Gasteiger partial charge in [-0.05, 0) is 30.9 Å². The smallest absolute Gasteiger partial charge is 0.331 e. The number of likely N-dealkylation sites (N-methyl/N-ethyl adjacent to an activating group) is 2. The molecule has 8 heteroatoms. The molecule has 1 rings (SSSR count). The SMILES string of the molecule is CN[C@H](C(=O)N[C@H](C(=O)N(C)[C@H](C=C(C)C(=O)O)C(C)C)C(C)(C)C)C(C)(C)c1ccccc1.Cl. The van der Waals surface area contributed by atoms with E-state index in [2.05, 4.69) is 10.6 Å². The number of carboxylic acid groups (broad SMARTS) is 1. The van der Waals surface area contributed by atoms with Crippen molar-refractivity contribution in [3.63, 3.8) is 0 Å². The second-order valence-corrected chi connectivity index (χ2v) is 11.0. The zero-order valence-corrected chi connectivity index (χ0v) is 23.6. The number of amides is 2. The molecule has 0 aliphatic carbocycles. The van der Waals surface area contributed by atoms with Gasteiger partial charge in [-0.2, -0.15) is 0 Å². The zero-order chi connectivity index (χ0) is 26.4. The molecular formula is C27H44ClN3O4. The van der Waals surface area contributed by atoms with E-state index < -0.39 is 34.9 Å². The Hall–Kier alpha value is -2.38. The number of hydrogen-bond donors (Lipinski definition) is 3. The van der Waals surface area contributed by atoms with Gasteiger partial charge in [0.1, 0.15) is 6.04 Å². The fourth-order valence-electron chi connectivity index (χ4n) is 4.16. The summed E-state index contributed by atoms with van der Waals surface area (Å²) in [5.74, 6) is -1.56. The van der Waals surface area contributed by atoms with Crippen molar-refractivity contribution >= 4 is 30.2 Å². The Morgan fingerprint density at radius 1 is 1.00 bits per heavy atom. The molecule has 0 bridgehead atoms. The van der Waals surface area contributed by atoms with Crippen molar-refractivity contribution in [2.75, 3.05) is 14.1 Å². The van der Waals surface area contributed by atoms with E-state index in [9.17, 15) is 19.5 Å². The standard InChI is InChI=1S/C27H43N3O4.ClH/c1-17(2)20(16-18(3)25(33)34)30(10)24(32)22(26(4,5)6)29-23(31)21(28-9)27(7,8)19-14-12-11-13-15-19;/h11-17,20-22,28H,1-10H3,(H,29,31)(H,33,34);1H/t20-,21-,22-;/m1./s1. The van der Waals surface area contributed by atoms with Crippen LogP contribution in [0.2, 0.25) is 0 Å². The first-order valence-electron chi connectivity index (χ1n) is 11.8. The van der Waals surface area contributed by atoms with Gasteiger partial charge < -0.3 is 20.6 Å². The van der Waals surface area contributed by atoms with Crippen molar-refractivity contribution in [2.24, 2.45) is 11.3 Å². The first kappa shape index (κ1) is 32.6. The molecule has 35 heavy (non-hydrogen) atoms. The summed E-state index contributed by atoms with van der Waals surface area (Å²) >= 11 is 0. The maximum absolute atomic E-state index is 13.7. The Kier molecular flexibility index (Phi) is 12.2. The third-order valence-corrected chi connectivity index (χ3v) is 6.43. The number of carbonyl (C=O) groups excluding carboxylic acids is 2. The summed E-state index contributed by atoms with van der Waals surface area (Å²) in [5, 5.41) is 15.5. The largest absolute Gasteiger partial charge is 0.478 e. The molecule has 0 aliphatic heterocycles. The Labute approximate surface area is 217 Å². The molecule has 0 saturated carbocycles. The van der Waals surface area contributed by atoms with Crippen LogP contribution in [0.4, 0.5) is 0 Å². The molecule has 7 nitrogen and oxygen atoms in total. The van der Waals surface area contributed by atoms with Crippen LogP contribution in [0, 0.1) is 11.3 Å². The molecule has 0 unspecified atom stereocenters. The van der Waals surface area contributed by atoms with Crippen molar-refractivity contribution in [3.8, 4) is 0 Å². The summed E-state index contributed by atoms with van der Waals surface area (Å²) in [6.45, 7) is 15.1. The molecular weight excluding hydrogens is 466 g/mol. The maximum Gasteiger partial charge on any atom is 0.331 e. The zero-order valence-electron chi connectivity index (χ0n) is 22.8. The van der Waals surface area contributed by atoms with Crippen molar-refractivity contribution in [1.29, 1.82) is 0 Å². The number of carbonyl (C=O) groups is 3. The van der Waals surface area contributed by atoms with E-state index in [0.717, 1.165) is 5.56 Å². The Morgan fingerprint density at radius 2 is 1.51 bits per heavy atom. The molecule has 0 aliphatic rings. The van der Waals surface area contributed by atoms with Crippen molar-refractivity contribution in [3.05, 3.63) is 47.5 Å². The van der Waals surface area contributed by atoms with E-state index >= 15 is 0 Å². The molecule has 0 aromatic heterocycles. The highest BCUT2D eigenvalue weighted by molar-refractivity contribution is 5.91. The van der Waals surface area contributed by atoms with E-state index in [1.54, 1.807) is 25.1 Å². The molecule has 3 atom stereocenters. The second-order valence-electron chi connectivity index (χ2n) is 11.0. The predicted octanol–water partition coefficient (Wildman–Crippen LogP) is 4.02. The van der Waals surface area contributed by atoms with Gasteiger partial charge in [-0.1, -0.05) is 84.9 Å². The number of benzene rings is 1. The predicted molar refractivity (Wildman–Crippen MR) is 144 cm³/mol. The molecule has 198 valence electrons. The Morgan fingerprint density at radius 3 is 1.91 bits per heavy atom. The highest BCUT2D eigenvalue weighted by Gasteiger charge is 2.41. The van der Waals surface area contributed by atoms with Crippen LogP contribution in [0.5, 0.6) is 0 Å². The van der Waals surface area contributed by atoms with Crippen LogP contribution < -0.4 is 10.6 Å². The average Bonchev–Trinajstić information content (AvgIpc) is 2.74. The normalized spacial score (nSPS) is 15.0. The summed E-state index contributed by atoms with van der Waals surface area (Å²) in [4.78, 5) is 40.1. The van der Waals surface area contributed by atoms with Crippen LogP contribution in [-0.2, 0) is 19.8 Å². The number of aliphatic carboxylic acids is 1. The molecule has 0 heterocycles. The topological polar surface area (TPSA) is 98.7 Å².